The van der Waals surface area contributed by atoms with E-state index in [1.165, 1.54) is 4.88 Å². The lowest BCUT2D eigenvalue weighted by molar-refractivity contribution is 0.989. The third-order valence-corrected chi connectivity index (χ3v) is 4.11. The predicted molar refractivity (Wildman–Crippen MR) is 78.0 cm³/mol. The Labute approximate surface area is 120 Å². The normalized spacial score (nSPS) is 10.7. The molecule has 0 bridgehead atoms. The standard InChI is InChI=1S/C12H13Cl2N3S/c1-7-8(2)17-12(11(14)16-7)15-6-5-9-3-4-10(13)18-9/h3-4H,5-6H2,1-2H3,(H,15,17). The summed E-state index contributed by atoms with van der Waals surface area (Å²) >= 11 is 13.5. The highest BCUT2D eigenvalue weighted by atomic mass is 35.5. The van der Waals surface area contributed by atoms with E-state index in [0.29, 0.717) is 11.0 Å². The number of hydrogen-bond donors (Lipinski definition) is 1. The van der Waals surface area contributed by atoms with E-state index in [4.69, 9.17) is 23.2 Å². The van der Waals surface area contributed by atoms with E-state index in [9.17, 15) is 0 Å². The molecule has 2 heterocycles. The van der Waals surface area contributed by atoms with Gasteiger partial charge in [-0.3, -0.25) is 0 Å². The van der Waals surface area contributed by atoms with Crippen LogP contribution in [0.25, 0.3) is 0 Å². The molecule has 0 aliphatic rings. The van der Waals surface area contributed by atoms with Gasteiger partial charge in [-0.1, -0.05) is 23.2 Å². The van der Waals surface area contributed by atoms with Crippen molar-refractivity contribution in [3.63, 3.8) is 0 Å². The number of aryl methyl sites for hydroxylation is 2. The molecule has 0 saturated carbocycles. The smallest absolute Gasteiger partial charge is 0.171 e. The molecule has 0 radical (unpaired) electrons. The second-order valence-corrected chi connectivity index (χ2v) is 6.07. The second kappa shape index (κ2) is 5.87. The van der Waals surface area contributed by atoms with Gasteiger partial charge < -0.3 is 5.32 Å². The summed E-state index contributed by atoms with van der Waals surface area (Å²) in [6, 6.07) is 3.94. The number of anilines is 1. The first-order valence-electron chi connectivity index (χ1n) is 5.55. The first kappa shape index (κ1) is 13.6. The predicted octanol–water partition coefficient (Wildman–Crippen LogP) is 4.12. The average Bonchev–Trinajstić information content (AvgIpc) is 2.71. The fraction of sp³-hybridized carbons (Fsp3) is 0.333. The van der Waals surface area contributed by atoms with Crippen molar-refractivity contribution in [1.29, 1.82) is 0 Å². The van der Waals surface area contributed by atoms with Crippen molar-refractivity contribution in [2.45, 2.75) is 20.3 Å². The molecule has 0 aromatic carbocycles. The van der Waals surface area contributed by atoms with Gasteiger partial charge in [-0.15, -0.1) is 11.3 Å². The van der Waals surface area contributed by atoms with Crippen molar-refractivity contribution in [1.82, 2.24) is 9.97 Å². The molecule has 2 aromatic rings. The Morgan fingerprint density at radius 3 is 2.56 bits per heavy atom. The maximum absolute atomic E-state index is 6.03. The van der Waals surface area contributed by atoms with E-state index in [1.54, 1.807) is 11.3 Å². The molecule has 2 rings (SSSR count). The maximum Gasteiger partial charge on any atom is 0.171 e. The Kier molecular flexibility index (Phi) is 4.43. The topological polar surface area (TPSA) is 37.8 Å². The third kappa shape index (κ3) is 3.34. The van der Waals surface area contributed by atoms with Crippen molar-refractivity contribution in [3.8, 4) is 0 Å². The third-order valence-electron chi connectivity index (χ3n) is 2.56. The summed E-state index contributed by atoms with van der Waals surface area (Å²) in [5.74, 6) is 0.641. The van der Waals surface area contributed by atoms with Gasteiger partial charge in [0.05, 0.1) is 15.7 Å². The van der Waals surface area contributed by atoms with Crippen molar-refractivity contribution in [2.24, 2.45) is 0 Å². The van der Waals surface area contributed by atoms with Gasteiger partial charge in [0.25, 0.3) is 0 Å². The number of nitrogens with zero attached hydrogens (tertiary/aromatic N) is 2. The van der Waals surface area contributed by atoms with Crippen LogP contribution in [-0.2, 0) is 6.42 Å². The lowest BCUT2D eigenvalue weighted by atomic mass is 10.3. The van der Waals surface area contributed by atoms with Crippen LogP contribution in [0.3, 0.4) is 0 Å². The van der Waals surface area contributed by atoms with Crippen LogP contribution >= 0.6 is 34.5 Å². The van der Waals surface area contributed by atoms with E-state index < -0.39 is 0 Å². The summed E-state index contributed by atoms with van der Waals surface area (Å²) < 4.78 is 0.814. The quantitative estimate of drug-likeness (QED) is 0.923. The van der Waals surface area contributed by atoms with Crippen LogP contribution in [0.1, 0.15) is 16.3 Å². The Morgan fingerprint density at radius 2 is 1.89 bits per heavy atom. The van der Waals surface area contributed by atoms with E-state index in [1.807, 2.05) is 26.0 Å². The minimum atomic E-state index is 0.419. The molecular formula is C12H13Cl2N3S. The van der Waals surface area contributed by atoms with Gasteiger partial charge >= 0.3 is 0 Å². The van der Waals surface area contributed by atoms with Crippen molar-refractivity contribution in [3.05, 3.63) is 37.9 Å². The van der Waals surface area contributed by atoms with Gasteiger partial charge in [-0.05, 0) is 32.4 Å². The fourth-order valence-electron chi connectivity index (χ4n) is 1.48. The maximum atomic E-state index is 6.03. The van der Waals surface area contributed by atoms with Crippen LogP contribution in [0.5, 0.6) is 0 Å². The Balaban J connectivity index is 1.96. The molecule has 0 unspecified atom stereocenters. The minimum Gasteiger partial charge on any atom is -0.367 e. The largest absolute Gasteiger partial charge is 0.367 e. The van der Waals surface area contributed by atoms with Crippen molar-refractivity contribution in [2.75, 3.05) is 11.9 Å². The molecule has 3 nitrogen and oxygen atoms in total. The summed E-state index contributed by atoms with van der Waals surface area (Å²) in [7, 11) is 0. The van der Waals surface area contributed by atoms with Gasteiger partial charge in [0.2, 0.25) is 0 Å². The Hall–Kier alpha value is -0.840. The van der Waals surface area contributed by atoms with Crippen LogP contribution < -0.4 is 5.32 Å². The SMILES string of the molecule is Cc1nc(Cl)c(NCCc2ccc(Cl)s2)nc1C. The number of rotatable bonds is 4. The molecule has 0 amide bonds. The van der Waals surface area contributed by atoms with Gasteiger partial charge in [-0.2, -0.15) is 0 Å². The monoisotopic (exact) mass is 301 g/mol. The van der Waals surface area contributed by atoms with Crippen LogP contribution in [0.15, 0.2) is 12.1 Å². The molecule has 96 valence electrons. The van der Waals surface area contributed by atoms with E-state index in [0.717, 1.165) is 28.7 Å². The first-order chi connectivity index (χ1) is 8.56. The fourth-order valence-corrected chi connectivity index (χ4v) is 2.80. The summed E-state index contributed by atoms with van der Waals surface area (Å²) in [6.45, 7) is 4.57. The van der Waals surface area contributed by atoms with E-state index in [-0.39, 0.29) is 0 Å². The minimum absolute atomic E-state index is 0.419. The lowest BCUT2D eigenvalue weighted by Crippen LogP contribution is -2.08. The van der Waals surface area contributed by atoms with Crippen molar-refractivity contribution >= 4 is 40.4 Å². The number of aromatic nitrogens is 2. The zero-order valence-corrected chi connectivity index (χ0v) is 12.5. The Morgan fingerprint density at radius 1 is 1.17 bits per heavy atom. The summed E-state index contributed by atoms with van der Waals surface area (Å²) in [5, 5.41) is 3.62. The number of hydrogen-bond acceptors (Lipinski definition) is 4. The Bertz CT molecular complexity index is 554. The highest BCUT2D eigenvalue weighted by Crippen LogP contribution is 2.22. The summed E-state index contributed by atoms with van der Waals surface area (Å²) in [4.78, 5) is 9.84. The zero-order chi connectivity index (χ0) is 13.1. The molecule has 0 atom stereocenters. The molecule has 18 heavy (non-hydrogen) atoms. The van der Waals surface area contributed by atoms with Gasteiger partial charge in [0.15, 0.2) is 11.0 Å². The molecule has 2 aromatic heterocycles. The van der Waals surface area contributed by atoms with Crippen LogP contribution in [0, 0.1) is 13.8 Å². The molecule has 1 N–H and O–H groups in total. The van der Waals surface area contributed by atoms with Crippen LogP contribution in [0.4, 0.5) is 5.82 Å². The van der Waals surface area contributed by atoms with Crippen LogP contribution in [-0.4, -0.2) is 16.5 Å². The molecule has 6 heteroatoms. The number of nitrogens with one attached hydrogen (secondary N) is 1. The van der Waals surface area contributed by atoms with Gasteiger partial charge in [0.1, 0.15) is 0 Å². The average molecular weight is 302 g/mol. The summed E-state index contributed by atoms with van der Waals surface area (Å²) in [6.07, 6.45) is 0.891. The zero-order valence-electron chi connectivity index (χ0n) is 10.1. The highest BCUT2D eigenvalue weighted by molar-refractivity contribution is 7.16. The molecule has 0 spiro atoms. The molecule has 0 aliphatic carbocycles. The van der Waals surface area contributed by atoms with E-state index in [2.05, 4.69) is 15.3 Å². The van der Waals surface area contributed by atoms with Gasteiger partial charge in [-0.25, -0.2) is 9.97 Å². The second-order valence-electron chi connectivity index (χ2n) is 3.92. The molecule has 0 aliphatic heterocycles. The first-order valence-corrected chi connectivity index (χ1v) is 7.12. The molecule has 0 saturated heterocycles. The van der Waals surface area contributed by atoms with Gasteiger partial charge in [0, 0.05) is 11.4 Å². The highest BCUT2D eigenvalue weighted by Gasteiger charge is 2.06. The number of halogens is 2. The van der Waals surface area contributed by atoms with Crippen LogP contribution in [0.2, 0.25) is 9.49 Å². The lowest BCUT2D eigenvalue weighted by Gasteiger charge is -2.08. The molecule has 0 fully saturated rings. The molecular weight excluding hydrogens is 289 g/mol. The number of thiophene rings is 1. The van der Waals surface area contributed by atoms with E-state index >= 15 is 0 Å². The summed E-state index contributed by atoms with van der Waals surface area (Å²) in [5.41, 5.74) is 1.75. The van der Waals surface area contributed by atoms with Crippen molar-refractivity contribution < 1.29 is 0 Å².